The number of hydrogen-bond acceptors (Lipinski definition) is 20. The second-order valence-electron chi connectivity index (χ2n) is 13.1. The first-order chi connectivity index (χ1) is 27.0. The Hall–Kier alpha value is -2.78. The Balaban J connectivity index is 1.21. The SMILES string of the molecule is CC(C)(COP(=O)(O)OP(=O)(O)OCC1OC(n2cnc3c(N)ncnc32)C(O)C1OP(=O)(O)O)C(O)C(=O)NCCC(=O)NCCSC(=O)C(N)Cc1cccs1. The van der Waals surface area contributed by atoms with E-state index in [9.17, 15) is 57.9 Å². The summed E-state index contributed by atoms with van der Waals surface area (Å²) in [6, 6.07) is 3.05. The molecule has 0 bridgehead atoms. The number of carbonyl (C=O) groups excluding carboxylic acids is 3. The van der Waals surface area contributed by atoms with Crippen molar-refractivity contribution in [3.8, 4) is 0 Å². The molecule has 0 aromatic carbocycles. The summed E-state index contributed by atoms with van der Waals surface area (Å²) >= 11 is 2.47. The number of anilines is 1. The molecule has 30 heteroatoms. The van der Waals surface area contributed by atoms with Crippen molar-refractivity contribution in [2.24, 2.45) is 11.1 Å². The fraction of sp³-hybridized carbons (Fsp3) is 0.571. The van der Waals surface area contributed by atoms with Crippen LogP contribution in [0.3, 0.4) is 0 Å². The summed E-state index contributed by atoms with van der Waals surface area (Å²) in [7, 11) is -16.4. The number of aromatic nitrogens is 4. The number of hydrogen-bond donors (Lipinski definition) is 10. The number of fused-ring (bicyclic) bond motifs is 1. The fourth-order valence-electron chi connectivity index (χ4n) is 5.12. The van der Waals surface area contributed by atoms with E-state index in [1.54, 1.807) is 0 Å². The van der Waals surface area contributed by atoms with Gasteiger partial charge in [-0.15, -0.1) is 11.3 Å². The van der Waals surface area contributed by atoms with E-state index in [0.29, 0.717) is 6.42 Å². The summed E-state index contributed by atoms with van der Waals surface area (Å²) in [6.45, 7) is 0.392. The normalized spacial score (nSPS) is 21.9. The van der Waals surface area contributed by atoms with Crippen molar-refractivity contribution in [3.63, 3.8) is 0 Å². The molecule has 3 aromatic heterocycles. The van der Waals surface area contributed by atoms with Crippen LogP contribution in [0.5, 0.6) is 0 Å². The molecular formula is C28H43N8O17P3S2. The lowest BCUT2D eigenvalue weighted by Crippen LogP contribution is -2.46. The Morgan fingerprint density at radius 2 is 1.79 bits per heavy atom. The second kappa shape index (κ2) is 20.2. The molecule has 8 unspecified atom stereocenters. The van der Waals surface area contributed by atoms with Crippen LogP contribution in [-0.2, 0) is 57.1 Å². The minimum Gasteiger partial charge on any atom is -0.386 e. The predicted octanol–water partition coefficient (Wildman–Crippen LogP) is -0.704. The number of carbonyl (C=O) groups is 3. The number of aliphatic hydroxyl groups excluding tert-OH is 2. The van der Waals surface area contributed by atoms with Crippen molar-refractivity contribution in [2.75, 3.05) is 37.8 Å². The molecule has 0 spiro atoms. The molecule has 0 saturated carbocycles. The van der Waals surface area contributed by atoms with Gasteiger partial charge < -0.3 is 56.6 Å². The van der Waals surface area contributed by atoms with Crippen molar-refractivity contribution >= 4 is 80.5 Å². The second-order valence-corrected chi connectivity index (χ2v) is 19.5. The van der Waals surface area contributed by atoms with Gasteiger partial charge in [0, 0.05) is 42.0 Å². The smallest absolute Gasteiger partial charge is 0.386 e. The summed E-state index contributed by atoms with van der Waals surface area (Å²) in [5.41, 5.74) is 10.2. The monoisotopic (exact) mass is 920 g/mol. The summed E-state index contributed by atoms with van der Waals surface area (Å²) in [5.74, 6) is -1.23. The molecule has 58 heavy (non-hydrogen) atoms. The van der Waals surface area contributed by atoms with E-state index in [-0.39, 0.29) is 47.4 Å². The van der Waals surface area contributed by atoms with Gasteiger partial charge >= 0.3 is 23.5 Å². The molecule has 0 aliphatic carbocycles. The standard InChI is InChI=1S/C28H43N8O17P3S2/c1-28(2,22(39)25(40)32-6-5-18(37)31-7-9-58-27(41)16(29)10-15-4-3-8-57-15)12-50-56(47,48)53-55(45,46)49-11-17-21(52-54(42,43)44)20(38)26(51-17)36-14-35-19-23(30)33-13-34-24(19)36/h3-4,8,13-14,16-17,20-22,26,38-39H,5-7,9-12,29H2,1-2H3,(H,31,37)(H,32,40)(H,45,46)(H,47,48)(H2,30,33,34)(H2,42,43,44). The first-order valence-corrected chi connectivity index (χ1v) is 23.2. The van der Waals surface area contributed by atoms with Crippen LogP contribution in [0.25, 0.3) is 11.2 Å². The molecule has 324 valence electrons. The van der Waals surface area contributed by atoms with Crippen LogP contribution in [0.1, 0.15) is 31.4 Å². The maximum absolute atomic E-state index is 12.7. The highest BCUT2D eigenvalue weighted by molar-refractivity contribution is 8.13. The highest BCUT2D eigenvalue weighted by Gasteiger charge is 2.50. The Morgan fingerprint density at radius 3 is 2.47 bits per heavy atom. The number of phosphoric ester groups is 3. The van der Waals surface area contributed by atoms with E-state index in [1.807, 2.05) is 17.5 Å². The topological polar surface area (TPSA) is 390 Å². The number of amides is 2. The van der Waals surface area contributed by atoms with E-state index < -0.39 is 90.6 Å². The maximum Gasteiger partial charge on any atom is 0.481 e. The number of nitrogen functional groups attached to an aromatic ring is 1. The van der Waals surface area contributed by atoms with E-state index in [4.69, 9.17) is 25.3 Å². The summed E-state index contributed by atoms with van der Waals surface area (Å²) < 4.78 is 62.1. The lowest BCUT2D eigenvalue weighted by atomic mass is 9.87. The molecule has 1 fully saturated rings. The summed E-state index contributed by atoms with van der Waals surface area (Å²) in [4.78, 5) is 88.9. The molecule has 1 aliphatic heterocycles. The third-order valence-corrected chi connectivity index (χ3v) is 13.0. The molecule has 25 nitrogen and oxygen atoms in total. The number of phosphoric acid groups is 3. The van der Waals surface area contributed by atoms with Crippen LogP contribution >= 0.6 is 46.6 Å². The molecule has 8 atom stereocenters. The molecule has 12 N–H and O–H groups in total. The van der Waals surface area contributed by atoms with Crippen molar-refractivity contribution in [2.45, 2.75) is 63.4 Å². The van der Waals surface area contributed by atoms with Gasteiger partial charge in [-0.3, -0.25) is 32.5 Å². The van der Waals surface area contributed by atoms with Crippen LogP contribution in [-0.4, -0.2) is 129 Å². The first kappa shape index (κ1) is 47.9. The minimum atomic E-state index is -5.58. The Bertz CT molecular complexity index is 2040. The third-order valence-electron chi connectivity index (χ3n) is 8.05. The zero-order valence-electron chi connectivity index (χ0n) is 30.6. The van der Waals surface area contributed by atoms with Gasteiger partial charge in [-0.25, -0.2) is 28.6 Å². The number of nitrogens with one attached hydrogen (secondary N) is 2. The van der Waals surface area contributed by atoms with Crippen molar-refractivity contribution in [1.82, 2.24) is 30.2 Å². The molecule has 4 heterocycles. The van der Waals surface area contributed by atoms with Crippen molar-refractivity contribution in [3.05, 3.63) is 35.0 Å². The summed E-state index contributed by atoms with van der Waals surface area (Å²) in [5, 5.41) is 28.0. The van der Waals surface area contributed by atoms with Crippen LogP contribution in [0.4, 0.5) is 5.82 Å². The van der Waals surface area contributed by atoms with Crippen molar-refractivity contribution in [1.29, 1.82) is 0 Å². The van der Waals surface area contributed by atoms with Crippen LogP contribution in [0.2, 0.25) is 0 Å². The lowest BCUT2D eigenvalue weighted by molar-refractivity contribution is -0.137. The number of imidazole rings is 1. The Kier molecular flexibility index (Phi) is 16.7. The maximum atomic E-state index is 12.7. The third kappa shape index (κ3) is 13.9. The molecule has 3 aromatic rings. The number of thioether (sulfide) groups is 1. The van der Waals surface area contributed by atoms with Gasteiger partial charge in [-0.1, -0.05) is 31.7 Å². The molecular weight excluding hydrogens is 877 g/mol. The first-order valence-electron chi connectivity index (χ1n) is 16.8. The molecule has 2 amide bonds. The van der Waals surface area contributed by atoms with Crippen molar-refractivity contribution < 1.29 is 80.5 Å². The van der Waals surface area contributed by atoms with E-state index >= 15 is 0 Å². The number of rotatable bonds is 22. The number of aliphatic hydroxyl groups is 2. The average molecular weight is 921 g/mol. The van der Waals surface area contributed by atoms with Gasteiger partial charge in [0.15, 0.2) is 17.7 Å². The van der Waals surface area contributed by atoms with Gasteiger partial charge in [-0.05, 0) is 11.4 Å². The number of nitrogens with two attached hydrogens (primary N) is 2. The highest BCUT2D eigenvalue weighted by atomic mass is 32.2. The molecule has 1 aliphatic rings. The summed E-state index contributed by atoms with van der Waals surface area (Å²) in [6.07, 6.45) is -6.56. The van der Waals surface area contributed by atoms with E-state index in [2.05, 4.69) is 34.4 Å². The van der Waals surface area contributed by atoms with Gasteiger partial charge in [-0.2, -0.15) is 4.31 Å². The zero-order chi connectivity index (χ0) is 43.1. The van der Waals surface area contributed by atoms with Crippen LogP contribution in [0.15, 0.2) is 30.2 Å². The minimum absolute atomic E-state index is 0.0274. The van der Waals surface area contributed by atoms with Crippen LogP contribution < -0.4 is 22.1 Å². The number of nitrogens with zero attached hydrogens (tertiary/aromatic N) is 4. The molecule has 4 rings (SSSR count). The van der Waals surface area contributed by atoms with Gasteiger partial charge in [0.25, 0.3) is 0 Å². The lowest BCUT2D eigenvalue weighted by Gasteiger charge is -2.30. The fourth-order valence-corrected chi connectivity index (χ4v) is 9.41. The number of thiophene rings is 1. The molecule has 0 radical (unpaired) electrons. The van der Waals surface area contributed by atoms with Crippen LogP contribution in [0, 0.1) is 5.41 Å². The quantitative estimate of drug-likeness (QED) is 0.0440. The molecule has 1 saturated heterocycles. The van der Waals surface area contributed by atoms with Gasteiger partial charge in [0.2, 0.25) is 16.9 Å². The zero-order valence-corrected chi connectivity index (χ0v) is 34.9. The largest absolute Gasteiger partial charge is 0.481 e. The average Bonchev–Trinajstić information content (AvgIpc) is 3.87. The Morgan fingerprint density at radius 1 is 1.09 bits per heavy atom. The predicted molar refractivity (Wildman–Crippen MR) is 203 cm³/mol. The highest BCUT2D eigenvalue weighted by Crippen LogP contribution is 2.61. The van der Waals surface area contributed by atoms with E-state index in [1.165, 1.54) is 25.2 Å². The Labute approximate surface area is 337 Å². The van der Waals surface area contributed by atoms with Gasteiger partial charge in [0.1, 0.15) is 36.3 Å². The van der Waals surface area contributed by atoms with E-state index in [0.717, 1.165) is 33.9 Å². The number of ether oxygens (including phenoxy) is 1. The van der Waals surface area contributed by atoms with Gasteiger partial charge in [0.05, 0.1) is 25.6 Å².